The Bertz CT molecular complexity index is 1290. The number of nitrogens with zero attached hydrogens (tertiary/aromatic N) is 1. The number of benzene rings is 3. The third kappa shape index (κ3) is 6.32. The zero-order chi connectivity index (χ0) is 24.9. The lowest BCUT2D eigenvalue weighted by atomic mass is 10.1. The second-order valence-electron chi connectivity index (χ2n) is 8.05. The zero-order valence-corrected chi connectivity index (χ0v) is 21.6. The molecular weight excluding hydrogens is 533 g/mol. The van der Waals surface area contributed by atoms with Crippen molar-refractivity contribution in [2.45, 2.75) is 20.5 Å². The molecule has 1 aliphatic rings. The molecule has 5 nitrogen and oxygen atoms in total. The fourth-order valence-corrected chi connectivity index (χ4v) is 4.68. The summed E-state index contributed by atoms with van der Waals surface area (Å²) in [6.07, 6.45) is 1.65. The molecule has 2 amide bonds. The van der Waals surface area contributed by atoms with E-state index in [9.17, 15) is 14.0 Å². The van der Waals surface area contributed by atoms with Gasteiger partial charge in [-0.1, -0.05) is 40.2 Å². The molecule has 3 aromatic rings. The van der Waals surface area contributed by atoms with Gasteiger partial charge in [-0.2, -0.15) is 0 Å². The van der Waals surface area contributed by atoms with Crippen molar-refractivity contribution in [3.8, 4) is 11.5 Å². The van der Waals surface area contributed by atoms with Crippen LogP contribution in [0.1, 0.15) is 22.3 Å². The van der Waals surface area contributed by atoms with Gasteiger partial charge < -0.3 is 9.47 Å². The van der Waals surface area contributed by atoms with Gasteiger partial charge in [0.2, 0.25) is 0 Å². The highest BCUT2D eigenvalue weighted by atomic mass is 79.9. The maximum atomic E-state index is 13.2. The van der Waals surface area contributed by atoms with Crippen LogP contribution in [0.15, 0.2) is 70.0 Å². The second kappa shape index (κ2) is 11.1. The van der Waals surface area contributed by atoms with E-state index in [0.717, 1.165) is 38.7 Å². The summed E-state index contributed by atoms with van der Waals surface area (Å²) < 4.78 is 25.7. The molecule has 1 fully saturated rings. The van der Waals surface area contributed by atoms with Crippen LogP contribution in [0, 0.1) is 19.7 Å². The van der Waals surface area contributed by atoms with Gasteiger partial charge in [0.1, 0.15) is 30.5 Å². The molecule has 0 spiro atoms. The number of thioether (sulfide) groups is 1. The summed E-state index contributed by atoms with van der Waals surface area (Å²) >= 11 is 4.33. The fourth-order valence-electron chi connectivity index (χ4n) is 3.45. The summed E-state index contributed by atoms with van der Waals surface area (Å²) in [7, 11) is 0. The van der Waals surface area contributed by atoms with Crippen LogP contribution in [0.25, 0.3) is 6.08 Å². The first-order valence-corrected chi connectivity index (χ1v) is 12.5. The number of hydrogen-bond acceptors (Lipinski definition) is 5. The van der Waals surface area contributed by atoms with Crippen molar-refractivity contribution in [1.29, 1.82) is 0 Å². The molecule has 0 aliphatic carbocycles. The number of carbonyl (C=O) groups is 2. The van der Waals surface area contributed by atoms with Crippen LogP contribution in [0.5, 0.6) is 11.5 Å². The molecule has 3 aromatic carbocycles. The molecule has 4 rings (SSSR count). The molecule has 0 aromatic heterocycles. The molecule has 1 heterocycles. The molecule has 35 heavy (non-hydrogen) atoms. The largest absolute Gasteiger partial charge is 0.491 e. The van der Waals surface area contributed by atoms with Gasteiger partial charge >= 0.3 is 0 Å². The van der Waals surface area contributed by atoms with Crippen molar-refractivity contribution in [3.05, 3.63) is 98.1 Å². The minimum Gasteiger partial charge on any atom is -0.491 e. The molecule has 180 valence electrons. The van der Waals surface area contributed by atoms with E-state index in [1.54, 1.807) is 24.3 Å². The lowest BCUT2D eigenvalue weighted by Gasteiger charge is -2.14. The Balaban J connectivity index is 1.45. The molecule has 0 N–H and O–H groups in total. The van der Waals surface area contributed by atoms with Gasteiger partial charge in [-0.25, -0.2) is 4.39 Å². The summed E-state index contributed by atoms with van der Waals surface area (Å²) in [5.41, 5.74) is 3.53. The molecule has 0 saturated carbocycles. The number of carbonyl (C=O) groups excluding carboxylic acids is 2. The number of halogens is 2. The van der Waals surface area contributed by atoms with Gasteiger partial charge in [0, 0.05) is 10.0 Å². The number of aryl methyl sites for hydroxylation is 2. The predicted molar refractivity (Wildman–Crippen MR) is 139 cm³/mol. The van der Waals surface area contributed by atoms with Crippen LogP contribution in [-0.4, -0.2) is 29.2 Å². The predicted octanol–water partition coefficient (Wildman–Crippen LogP) is 6.90. The molecule has 0 bridgehead atoms. The zero-order valence-electron chi connectivity index (χ0n) is 19.2. The van der Waals surface area contributed by atoms with Crippen molar-refractivity contribution < 1.29 is 23.5 Å². The number of hydrogen-bond donors (Lipinski definition) is 0. The molecule has 0 atom stereocenters. The first-order chi connectivity index (χ1) is 16.8. The average molecular weight is 556 g/mol. The highest BCUT2D eigenvalue weighted by Crippen LogP contribution is 2.35. The van der Waals surface area contributed by atoms with Crippen LogP contribution in [-0.2, 0) is 11.4 Å². The average Bonchev–Trinajstić information content (AvgIpc) is 3.09. The smallest absolute Gasteiger partial charge is 0.293 e. The first kappa shape index (κ1) is 25.0. The standard InChI is InChI=1S/C27H23BrFNO4S/c1-17-3-4-18(2)24(13-17)33-12-11-30-26(31)25(35-27(30)32)15-20-14-21(28)7-10-23(20)34-16-19-5-8-22(29)9-6-19/h3-10,13-15H,11-12,16H2,1-2H3/b25-15-. The van der Waals surface area contributed by atoms with Crippen LogP contribution in [0.3, 0.4) is 0 Å². The molecule has 1 aliphatic heterocycles. The van der Waals surface area contributed by atoms with Gasteiger partial charge in [0.25, 0.3) is 11.1 Å². The van der Waals surface area contributed by atoms with E-state index in [1.807, 2.05) is 44.2 Å². The minimum atomic E-state index is -0.367. The third-order valence-corrected chi connectivity index (χ3v) is 6.76. The molecule has 0 radical (unpaired) electrons. The molecule has 8 heteroatoms. The van der Waals surface area contributed by atoms with Crippen molar-refractivity contribution in [3.63, 3.8) is 0 Å². The molecule has 0 unspecified atom stereocenters. The normalized spacial score (nSPS) is 14.6. The lowest BCUT2D eigenvalue weighted by Crippen LogP contribution is -2.32. The molecule has 1 saturated heterocycles. The highest BCUT2D eigenvalue weighted by molar-refractivity contribution is 9.10. The fraction of sp³-hybridized carbons (Fsp3) is 0.185. The maximum Gasteiger partial charge on any atom is 0.293 e. The number of rotatable bonds is 8. The van der Waals surface area contributed by atoms with Crippen LogP contribution in [0.2, 0.25) is 0 Å². The van der Waals surface area contributed by atoms with E-state index in [0.29, 0.717) is 16.2 Å². The SMILES string of the molecule is Cc1ccc(C)c(OCCN2C(=O)S/C(=C\c3cc(Br)ccc3OCc3ccc(F)cc3)C2=O)c1. The van der Waals surface area contributed by atoms with E-state index in [-0.39, 0.29) is 36.7 Å². The summed E-state index contributed by atoms with van der Waals surface area (Å²) in [5, 5.41) is -0.338. The van der Waals surface area contributed by atoms with Crippen LogP contribution >= 0.6 is 27.7 Å². The van der Waals surface area contributed by atoms with E-state index in [4.69, 9.17) is 9.47 Å². The number of amides is 2. The molecular formula is C27H23BrFNO4S. The van der Waals surface area contributed by atoms with Gasteiger partial charge in [-0.05, 0) is 84.8 Å². The van der Waals surface area contributed by atoms with Crippen LogP contribution < -0.4 is 9.47 Å². The Morgan fingerprint density at radius 1 is 0.971 bits per heavy atom. The van der Waals surface area contributed by atoms with Crippen molar-refractivity contribution in [2.75, 3.05) is 13.2 Å². The van der Waals surface area contributed by atoms with Crippen molar-refractivity contribution >= 4 is 44.9 Å². The number of ether oxygens (including phenoxy) is 2. The van der Waals surface area contributed by atoms with Gasteiger partial charge in [0.05, 0.1) is 11.4 Å². The topological polar surface area (TPSA) is 55.8 Å². The Kier molecular flexibility index (Phi) is 7.93. The summed E-state index contributed by atoms with van der Waals surface area (Å²) in [4.78, 5) is 27.0. The first-order valence-electron chi connectivity index (χ1n) is 10.9. The summed E-state index contributed by atoms with van der Waals surface area (Å²) in [5.74, 6) is 0.606. The summed E-state index contributed by atoms with van der Waals surface area (Å²) in [6.45, 7) is 4.53. The highest BCUT2D eigenvalue weighted by Gasteiger charge is 2.35. The van der Waals surface area contributed by atoms with Gasteiger partial charge in [-0.15, -0.1) is 0 Å². The van der Waals surface area contributed by atoms with Gasteiger partial charge in [0.15, 0.2) is 0 Å². The number of imide groups is 1. The second-order valence-corrected chi connectivity index (χ2v) is 9.96. The van der Waals surface area contributed by atoms with Crippen molar-refractivity contribution in [2.24, 2.45) is 0 Å². The van der Waals surface area contributed by atoms with E-state index in [2.05, 4.69) is 15.9 Å². The maximum absolute atomic E-state index is 13.2. The monoisotopic (exact) mass is 555 g/mol. The van der Waals surface area contributed by atoms with Gasteiger partial charge in [-0.3, -0.25) is 14.5 Å². The van der Waals surface area contributed by atoms with E-state index >= 15 is 0 Å². The van der Waals surface area contributed by atoms with Crippen molar-refractivity contribution in [1.82, 2.24) is 4.90 Å². The lowest BCUT2D eigenvalue weighted by molar-refractivity contribution is -0.123. The Morgan fingerprint density at radius 2 is 1.74 bits per heavy atom. The Morgan fingerprint density at radius 3 is 2.51 bits per heavy atom. The Labute approximate surface area is 216 Å². The summed E-state index contributed by atoms with van der Waals surface area (Å²) in [6, 6.07) is 17.4. The quantitative estimate of drug-likeness (QED) is 0.283. The Hall–Kier alpha value is -3.10. The third-order valence-electron chi connectivity index (χ3n) is 5.36. The van der Waals surface area contributed by atoms with E-state index in [1.165, 1.54) is 17.0 Å². The van der Waals surface area contributed by atoms with Crippen LogP contribution in [0.4, 0.5) is 9.18 Å². The van der Waals surface area contributed by atoms with E-state index < -0.39 is 0 Å². The minimum absolute atomic E-state index is 0.155.